The number of carbonyl (C=O) groups is 1. The predicted octanol–water partition coefficient (Wildman–Crippen LogP) is 2.18. The van der Waals surface area contributed by atoms with Crippen molar-refractivity contribution in [3.05, 3.63) is 35.9 Å². The first-order valence-electron chi connectivity index (χ1n) is 6.47. The van der Waals surface area contributed by atoms with Gasteiger partial charge >= 0.3 is 6.09 Å². The lowest BCUT2D eigenvalue weighted by Crippen LogP contribution is -2.42. The molecule has 4 heteroatoms. The summed E-state index contributed by atoms with van der Waals surface area (Å²) < 4.78 is 5.18. The van der Waals surface area contributed by atoms with E-state index in [0.717, 1.165) is 31.2 Å². The topological polar surface area (TPSA) is 64.3 Å². The molecule has 0 bridgehead atoms. The first-order valence-corrected chi connectivity index (χ1v) is 6.47. The second kappa shape index (κ2) is 6.40. The van der Waals surface area contributed by atoms with Crippen LogP contribution in [0, 0.1) is 0 Å². The van der Waals surface area contributed by atoms with Gasteiger partial charge in [-0.25, -0.2) is 4.79 Å². The normalized spacial score (nSPS) is 23.4. The van der Waals surface area contributed by atoms with Crippen molar-refractivity contribution in [1.29, 1.82) is 0 Å². The summed E-state index contributed by atoms with van der Waals surface area (Å²) in [4.78, 5) is 11.6. The van der Waals surface area contributed by atoms with Gasteiger partial charge in [-0.3, -0.25) is 0 Å². The third-order valence-corrected chi connectivity index (χ3v) is 3.25. The molecule has 1 aliphatic carbocycles. The monoisotopic (exact) mass is 248 g/mol. The highest BCUT2D eigenvalue weighted by Gasteiger charge is 2.21. The lowest BCUT2D eigenvalue weighted by molar-refractivity contribution is 0.132. The van der Waals surface area contributed by atoms with Crippen LogP contribution in [0.1, 0.15) is 31.2 Å². The minimum absolute atomic E-state index is 0.164. The van der Waals surface area contributed by atoms with Crippen LogP contribution in [0.3, 0.4) is 0 Å². The summed E-state index contributed by atoms with van der Waals surface area (Å²) in [7, 11) is 0. The summed E-state index contributed by atoms with van der Waals surface area (Å²) in [5.74, 6) is 0. The van der Waals surface area contributed by atoms with E-state index in [4.69, 9.17) is 10.5 Å². The maximum absolute atomic E-state index is 11.6. The van der Waals surface area contributed by atoms with Crippen LogP contribution in [0.5, 0.6) is 0 Å². The van der Waals surface area contributed by atoms with Crippen LogP contribution in [0.25, 0.3) is 0 Å². The number of hydrogen-bond donors (Lipinski definition) is 2. The average Bonchev–Trinajstić information content (AvgIpc) is 2.38. The number of amides is 1. The number of nitrogens with two attached hydrogens (primary N) is 1. The first kappa shape index (κ1) is 12.9. The third-order valence-electron chi connectivity index (χ3n) is 3.25. The molecule has 1 aromatic rings. The van der Waals surface area contributed by atoms with Crippen molar-refractivity contribution in [3.8, 4) is 0 Å². The molecule has 1 amide bonds. The quantitative estimate of drug-likeness (QED) is 0.861. The molecule has 1 aliphatic rings. The van der Waals surface area contributed by atoms with Crippen molar-refractivity contribution >= 4 is 6.09 Å². The van der Waals surface area contributed by atoms with E-state index in [-0.39, 0.29) is 18.2 Å². The number of hydrogen-bond acceptors (Lipinski definition) is 3. The fourth-order valence-corrected chi connectivity index (χ4v) is 2.29. The summed E-state index contributed by atoms with van der Waals surface area (Å²) in [5.41, 5.74) is 6.87. The minimum atomic E-state index is -0.349. The molecule has 0 unspecified atom stereocenters. The van der Waals surface area contributed by atoms with E-state index in [1.54, 1.807) is 0 Å². The number of alkyl carbamates (subject to hydrolysis) is 1. The van der Waals surface area contributed by atoms with Gasteiger partial charge in [-0.05, 0) is 31.2 Å². The highest BCUT2D eigenvalue weighted by Crippen LogP contribution is 2.17. The molecule has 18 heavy (non-hydrogen) atoms. The zero-order valence-electron chi connectivity index (χ0n) is 10.5. The number of nitrogens with one attached hydrogen (secondary N) is 1. The zero-order valence-corrected chi connectivity index (χ0v) is 10.5. The molecular formula is C14H20N2O2. The molecule has 0 saturated heterocycles. The van der Waals surface area contributed by atoms with E-state index in [1.807, 2.05) is 30.3 Å². The number of benzene rings is 1. The Balaban J connectivity index is 1.72. The number of ether oxygens (including phenoxy) is 1. The Kier molecular flexibility index (Phi) is 4.59. The van der Waals surface area contributed by atoms with E-state index >= 15 is 0 Å². The van der Waals surface area contributed by atoms with Crippen molar-refractivity contribution in [2.24, 2.45) is 5.73 Å². The maximum Gasteiger partial charge on any atom is 0.407 e. The van der Waals surface area contributed by atoms with E-state index in [2.05, 4.69) is 5.32 Å². The molecule has 1 aromatic carbocycles. The van der Waals surface area contributed by atoms with Gasteiger partial charge in [0.25, 0.3) is 0 Å². The van der Waals surface area contributed by atoms with Gasteiger partial charge < -0.3 is 15.8 Å². The summed E-state index contributed by atoms with van der Waals surface area (Å²) in [5, 5.41) is 2.88. The van der Waals surface area contributed by atoms with Crippen molar-refractivity contribution in [2.75, 3.05) is 0 Å². The Bertz CT molecular complexity index is 381. The van der Waals surface area contributed by atoms with Crippen LogP contribution in [0.15, 0.2) is 30.3 Å². The van der Waals surface area contributed by atoms with Gasteiger partial charge in [-0.2, -0.15) is 0 Å². The minimum Gasteiger partial charge on any atom is -0.445 e. The molecule has 0 aromatic heterocycles. The fraction of sp³-hybridized carbons (Fsp3) is 0.500. The lowest BCUT2D eigenvalue weighted by atomic mass is 9.92. The summed E-state index contributed by atoms with van der Waals surface area (Å²) >= 11 is 0. The predicted molar refractivity (Wildman–Crippen MR) is 70.0 cm³/mol. The molecule has 0 spiro atoms. The molecule has 0 heterocycles. The fourth-order valence-electron chi connectivity index (χ4n) is 2.29. The lowest BCUT2D eigenvalue weighted by Gasteiger charge is -2.26. The van der Waals surface area contributed by atoms with Gasteiger partial charge in [-0.15, -0.1) is 0 Å². The largest absolute Gasteiger partial charge is 0.445 e. The van der Waals surface area contributed by atoms with Crippen LogP contribution < -0.4 is 11.1 Å². The molecule has 4 nitrogen and oxygen atoms in total. The highest BCUT2D eigenvalue weighted by atomic mass is 16.5. The Morgan fingerprint density at radius 2 is 2.11 bits per heavy atom. The van der Waals surface area contributed by atoms with Gasteiger partial charge in [0.1, 0.15) is 6.61 Å². The Morgan fingerprint density at radius 1 is 1.33 bits per heavy atom. The van der Waals surface area contributed by atoms with Crippen molar-refractivity contribution in [3.63, 3.8) is 0 Å². The molecule has 2 atom stereocenters. The Hall–Kier alpha value is -1.55. The van der Waals surface area contributed by atoms with Gasteiger partial charge in [0.2, 0.25) is 0 Å². The van der Waals surface area contributed by atoms with E-state index in [0.29, 0.717) is 6.61 Å². The smallest absolute Gasteiger partial charge is 0.407 e. The highest BCUT2D eigenvalue weighted by molar-refractivity contribution is 5.67. The van der Waals surface area contributed by atoms with Crippen LogP contribution in [-0.4, -0.2) is 18.2 Å². The Labute approximate surface area is 108 Å². The molecule has 0 radical (unpaired) electrons. The second-order valence-electron chi connectivity index (χ2n) is 4.83. The molecule has 98 valence electrons. The van der Waals surface area contributed by atoms with Crippen molar-refractivity contribution < 1.29 is 9.53 Å². The standard InChI is InChI=1S/C14H20N2O2/c15-12-7-4-8-13(9-12)16-14(17)18-10-11-5-2-1-3-6-11/h1-3,5-6,12-13H,4,7-10,15H2,(H,16,17)/t12-,13-/m1/s1. The molecule has 3 N–H and O–H groups in total. The third kappa shape index (κ3) is 4.04. The zero-order chi connectivity index (χ0) is 12.8. The molecular weight excluding hydrogens is 228 g/mol. The van der Waals surface area contributed by atoms with E-state index < -0.39 is 0 Å². The Morgan fingerprint density at radius 3 is 2.83 bits per heavy atom. The molecule has 2 rings (SSSR count). The first-order chi connectivity index (χ1) is 8.74. The van der Waals surface area contributed by atoms with E-state index in [9.17, 15) is 4.79 Å². The number of rotatable bonds is 3. The van der Waals surface area contributed by atoms with Gasteiger partial charge in [0, 0.05) is 12.1 Å². The van der Waals surface area contributed by atoms with Gasteiger partial charge in [-0.1, -0.05) is 30.3 Å². The van der Waals surface area contributed by atoms with Crippen molar-refractivity contribution in [2.45, 2.75) is 44.4 Å². The number of carbonyl (C=O) groups excluding carboxylic acids is 1. The van der Waals surface area contributed by atoms with Crippen LogP contribution in [0.2, 0.25) is 0 Å². The van der Waals surface area contributed by atoms with Gasteiger partial charge in [0.05, 0.1) is 0 Å². The van der Waals surface area contributed by atoms with Crippen LogP contribution in [-0.2, 0) is 11.3 Å². The average molecular weight is 248 g/mol. The molecule has 0 aliphatic heterocycles. The van der Waals surface area contributed by atoms with Crippen LogP contribution in [0.4, 0.5) is 4.79 Å². The van der Waals surface area contributed by atoms with Crippen LogP contribution >= 0.6 is 0 Å². The summed E-state index contributed by atoms with van der Waals surface area (Å²) in [6.07, 6.45) is 3.62. The summed E-state index contributed by atoms with van der Waals surface area (Å²) in [6.45, 7) is 0.311. The van der Waals surface area contributed by atoms with Gasteiger partial charge in [0.15, 0.2) is 0 Å². The van der Waals surface area contributed by atoms with E-state index in [1.165, 1.54) is 0 Å². The maximum atomic E-state index is 11.6. The summed E-state index contributed by atoms with van der Waals surface area (Å²) in [6, 6.07) is 10.0. The second-order valence-corrected chi connectivity index (χ2v) is 4.83. The van der Waals surface area contributed by atoms with Crippen molar-refractivity contribution in [1.82, 2.24) is 5.32 Å². The molecule has 1 saturated carbocycles. The molecule has 1 fully saturated rings. The SMILES string of the molecule is N[C@@H]1CCC[C@@H](NC(=O)OCc2ccccc2)C1.